The van der Waals surface area contributed by atoms with Crippen molar-refractivity contribution < 1.29 is 4.79 Å². The molecule has 0 radical (unpaired) electrons. The summed E-state index contributed by atoms with van der Waals surface area (Å²) < 4.78 is 2.32. The summed E-state index contributed by atoms with van der Waals surface area (Å²) in [6, 6.07) is 5.64. The molecule has 0 atom stereocenters. The zero-order valence-electron chi connectivity index (χ0n) is 13.6. The van der Waals surface area contributed by atoms with Crippen LogP contribution < -0.4 is 10.9 Å². The molecule has 2 N–H and O–H groups in total. The second-order valence-electron chi connectivity index (χ2n) is 5.82. The Morgan fingerprint density at radius 1 is 1.38 bits per heavy atom. The number of hydrogen-bond acceptors (Lipinski definition) is 4. The molecule has 0 fully saturated rings. The summed E-state index contributed by atoms with van der Waals surface area (Å²) >= 11 is 6.65. The molecule has 1 amide bonds. The highest BCUT2D eigenvalue weighted by Crippen LogP contribution is 2.23. The summed E-state index contributed by atoms with van der Waals surface area (Å²) in [7, 11) is 0. The van der Waals surface area contributed by atoms with Gasteiger partial charge < -0.3 is 10.3 Å². The Hall–Kier alpha value is -1.99. The summed E-state index contributed by atoms with van der Waals surface area (Å²) in [5.41, 5.74) is 1.99. The molecule has 0 aliphatic rings. The van der Waals surface area contributed by atoms with Gasteiger partial charge in [-0.05, 0) is 37.7 Å². The topological polar surface area (TPSA) is 66.4 Å². The number of aromatic amines is 1. The summed E-state index contributed by atoms with van der Waals surface area (Å²) in [5, 5.41) is 3.48. The Labute approximate surface area is 148 Å². The van der Waals surface area contributed by atoms with Crippen LogP contribution in [0.15, 0.2) is 23.0 Å². The number of fused-ring (bicyclic) bond motifs is 3. The lowest BCUT2D eigenvalue weighted by Gasteiger charge is -2.05. The van der Waals surface area contributed by atoms with Crippen molar-refractivity contribution in [1.29, 1.82) is 0 Å². The molecular formula is C17H19N3O2S2. The van der Waals surface area contributed by atoms with Crippen molar-refractivity contribution in [2.45, 2.75) is 33.1 Å². The second kappa shape index (κ2) is 6.86. The Morgan fingerprint density at radius 3 is 2.92 bits per heavy atom. The number of nitrogens with zero attached hydrogens (tertiary/aromatic N) is 1. The van der Waals surface area contributed by atoms with Gasteiger partial charge in [-0.25, -0.2) is 0 Å². The number of amides is 1. The minimum Gasteiger partial charge on any atom is -0.351 e. The largest absolute Gasteiger partial charge is 0.351 e. The third kappa shape index (κ3) is 3.01. The molecule has 24 heavy (non-hydrogen) atoms. The number of carbonyl (C=O) groups is 1. The number of hydrogen-bond donors (Lipinski definition) is 2. The lowest BCUT2D eigenvalue weighted by molar-refractivity contribution is 0.0958. The average molecular weight is 361 g/mol. The van der Waals surface area contributed by atoms with E-state index in [2.05, 4.69) is 17.2 Å². The monoisotopic (exact) mass is 361 g/mol. The fraction of sp³-hybridized carbons (Fsp3) is 0.353. The van der Waals surface area contributed by atoms with E-state index in [4.69, 9.17) is 12.2 Å². The van der Waals surface area contributed by atoms with E-state index >= 15 is 0 Å². The van der Waals surface area contributed by atoms with Gasteiger partial charge in [-0.15, -0.1) is 0 Å². The molecule has 126 valence electrons. The summed E-state index contributed by atoms with van der Waals surface area (Å²) in [5.74, 6) is -0.188. The molecule has 0 unspecified atom stereocenters. The van der Waals surface area contributed by atoms with Crippen LogP contribution >= 0.6 is 23.6 Å². The van der Waals surface area contributed by atoms with E-state index < -0.39 is 0 Å². The number of nitrogens with one attached hydrogen (secondary N) is 2. The number of aryl methyl sites for hydroxylation is 1. The maximum absolute atomic E-state index is 12.5. The fourth-order valence-corrected chi connectivity index (χ4v) is 4.02. The van der Waals surface area contributed by atoms with Crippen LogP contribution in [0.5, 0.6) is 0 Å². The van der Waals surface area contributed by atoms with Crippen molar-refractivity contribution in [3.05, 3.63) is 42.9 Å². The van der Waals surface area contributed by atoms with E-state index in [1.807, 2.05) is 25.1 Å². The molecule has 0 aliphatic heterocycles. The highest BCUT2D eigenvalue weighted by Gasteiger charge is 2.17. The normalized spacial score (nSPS) is 11.2. The standard InChI is InChI=1S/C17H19N3O2S2/c1-3-4-5-8-18-16(22)13-14-19-15(21)11-9-10(2)6-7-12(11)20(14)17(23)24-13/h6-7,9H,3-5,8H2,1-2H3,(H,18,22)(H,19,21). The van der Waals surface area contributed by atoms with Gasteiger partial charge in [0, 0.05) is 6.54 Å². The highest BCUT2D eigenvalue weighted by molar-refractivity contribution is 7.73. The van der Waals surface area contributed by atoms with Gasteiger partial charge in [0.15, 0.2) is 3.95 Å². The zero-order chi connectivity index (χ0) is 17.3. The molecule has 2 heterocycles. The molecule has 0 bridgehead atoms. The van der Waals surface area contributed by atoms with Gasteiger partial charge in [0.05, 0.1) is 10.9 Å². The van der Waals surface area contributed by atoms with E-state index in [-0.39, 0.29) is 11.5 Å². The van der Waals surface area contributed by atoms with Gasteiger partial charge >= 0.3 is 0 Å². The number of carbonyl (C=O) groups excluding carboxylic acids is 1. The van der Waals surface area contributed by atoms with E-state index in [1.54, 1.807) is 4.40 Å². The van der Waals surface area contributed by atoms with Crippen molar-refractivity contribution in [3.63, 3.8) is 0 Å². The number of aromatic nitrogens is 2. The number of rotatable bonds is 5. The van der Waals surface area contributed by atoms with Crippen LogP contribution in [0.4, 0.5) is 0 Å². The van der Waals surface area contributed by atoms with Crippen molar-refractivity contribution in [1.82, 2.24) is 14.7 Å². The Morgan fingerprint density at radius 2 is 2.17 bits per heavy atom. The summed E-state index contributed by atoms with van der Waals surface area (Å²) in [6.45, 7) is 4.68. The number of thiazole rings is 1. The Bertz CT molecular complexity index is 1030. The molecule has 3 rings (SSSR count). The van der Waals surface area contributed by atoms with Gasteiger partial charge in [-0.2, -0.15) is 0 Å². The SMILES string of the molecule is CCCCCNC(=O)c1sc(=S)n2c1[nH]c(=O)c1cc(C)ccc12. The zero-order valence-corrected chi connectivity index (χ0v) is 15.3. The van der Waals surface area contributed by atoms with Crippen LogP contribution in [0.3, 0.4) is 0 Å². The lowest BCUT2D eigenvalue weighted by Crippen LogP contribution is -2.24. The van der Waals surface area contributed by atoms with Crippen molar-refractivity contribution >= 4 is 46.0 Å². The highest BCUT2D eigenvalue weighted by atomic mass is 32.1. The van der Waals surface area contributed by atoms with Crippen LogP contribution in [0.1, 0.15) is 41.4 Å². The first-order valence-electron chi connectivity index (χ1n) is 7.99. The molecule has 0 aliphatic carbocycles. The fourth-order valence-electron chi connectivity index (χ4n) is 2.72. The maximum atomic E-state index is 12.5. The Balaban J connectivity index is 2.10. The molecular weight excluding hydrogens is 342 g/mol. The van der Waals surface area contributed by atoms with Crippen molar-refractivity contribution in [2.75, 3.05) is 6.54 Å². The summed E-state index contributed by atoms with van der Waals surface area (Å²) in [6.07, 6.45) is 3.12. The van der Waals surface area contributed by atoms with Gasteiger partial charge in [0.25, 0.3) is 11.5 Å². The van der Waals surface area contributed by atoms with E-state index in [0.29, 0.717) is 26.4 Å². The average Bonchev–Trinajstić information content (AvgIpc) is 2.88. The van der Waals surface area contributed by atoms with Crippen LogP contribution in [0.25, 0.3) is 16.6 Å². The van der Waals surface area contributed by atoms with Crippen LogP contribution in [0, 0.1) is 10.9 Å². The number of unbranched alkanes of at least 4 members (excludes halogenated alkanes) is 2. The third-order valence-corrected chi connectivity index (χ3v) is 5.32. The van der Waals surface area contributed by atoms with Gasteiger partial charge in [0.2, 0.25) is 0 Å². The first-order valence-corrected chi connectivity index (χ1v) is 9.21. The number of benzene rings is 1. The molecule has 0 saturated heterocycles. The molecule has 2 aromatic heterocycles. The minimum atomic E-state index is -0.207. The van der Waals surface area contributed by atoms with Crippen LogP contribution in [-0.4, -0.2) is 21.8 Å². The first-order chi connectivity index (χ1) is 11.5. The van der Waals surface area contributed by atoms with Crippen molar-refractivity contribution in [3.8, 4) is 0 Å². The predicted octanol–water partition coefficient (Wildman–Crippen LogP) is 3.80. The smallest absolute Gasteiger partial charge is 0.265 e. The Kier molecular flexibility index (Phi) is 4.82. The maximum Gasteiger partial charge on any atom is 0.265 e. The van der Waals surface area contributed by atoms with E-state index in [0.717, 1.165) is 30.3 Å². The van der Waals surface area contributed by atoms with Crippen LogP contribution in [-0.2, 0) is 0 Å². The molecule has 7 heteroatoms. The lowest BCUT2D eigenvalue weighted by atomic mass is 10.1. The van der Waals surface area contributed by atoms with Gasteiger partial charge in [-0.1, -0.05) is 42.7 Å². The van der Waals surface area contributed by atoms with Crippen LogP contribution in [0.2, 0.25) is 0 Å². The third-order valence-electron chi connectivity index (χ3n) is 3.95. The van der Waals surface area contributed by atoms with Gasteiger partial charge in [0.1, 0.15) is 10.5 Å². The van der Waals surface area contributed by atoms with Crippen molar-refractivity contribution in [2.24, 2.45) is 0 Å². The predicted molar refractivity (Wildman–Crippen MR) is 101 cm³/mol. The molecule has 0 spiro atoms. The van der Waals surface area contributed by atoms with E-state index in [9.17, 15) is 9.59 Å². The molecule has 3 aromatic rings. The van der Waals surface area contributed by atoms with E-state index in [1.165, 1.54) is 11.3 Å². The second-order valence-corrected chi connectivity index (χ2v) is 7.46. The molecule has 0 saturated carbocycles. The number of H-pyrrole nitrogens is 1. The van der Waals surface area contributed by atoms with Gasteiger partial charge in [-0.3, -0.25) is 14.0 Å². The summed E-state index contributed by atoms with van der Waals surface area (Å²) in [4.78, 5) is 28.1. The quantitative estimate of drug-likeness (QED) is 0.536. The molecule has 5 nitrogen and oxygen atoms in total. The first kappa shape index (κ1) is 16.9. The minimum absolute atomic E-state index is 0.188. The molecule has 1 aromatic carbocycles.